The molecule has 1 aromatic carbocycles. The quantitative estimate of drug-likeness (QED) is 0.665. The number of urea groups is 1. The minimum Gasteiger partial charge on any atom is -0.354 e. The van der Waals surface area contributed by atoms with Gasteiger partial charge in [-0.3, -0.25) is 19.6 Å². The number of rotatable bonds is 3. The second-order valence-corrected chi connectivity index (χ2v) is 7.76. The first-order chi connectivity index (χ1) is 15.3. The number of fused-ring (bicyclic) bond motifs is 1. The lowest BCUT2D eigenvalue weighted by Crippen LogP contribution is -2.40. The number of aromatic nitrogens is 1. The molecule has 2 aromatic rings. The van der Waals surface area contributed by atoms with Gasteiger partial charge in [0.15, 0.2) is 0 Å². The Morgan fingerprint density at radius 2 is 1.68 bits per heavy atom. The van der Waals surface area contributed by atoms with Crippen molar-refractivity contribution in [1.82, 2.24) is 10.3 Å². The van der Waals surface area contributed by atoms with E-state index in [1.54, 1.807) is 17.0 Å². The highest BCUT2D eigenvalue weighted by Crippen LogP contribution is 2.42. The standard InChI is InChI=1S/C22H20F3N5O2.2H2S/c1-27-20(31)17-11-15(8-9-28-17)30-19-5-3-2-4-18(19)29(21(30)32)14-7-6-13(12-26)16(10-14)22(23,24)25;;/h6-11,18-19H,2-5H2,1H3,(H,27,31);2*1H2/t18-,19-;;/m0../s1. The predicted octanol–water partition coefficient (Wildman–Crippen LogP) is 4.32. The predicted molar refractivity (Wildman–Crippen MR) is 131 cm³/mol. The number of hydrogen-bond acceptors (Lipinski definition) is 4. The van der Waals surface area contributed by atoms with Gasteiger partial charge in [-0.1, -0.05) is 12.8 Å². The van der Waals surface area contributed by atoms with Crippen LogP contribution in [0.15, 0.2) is 36.5 Å². The van der Waals surface area contributed by atoms with Crippen LogP contribution in [0, 0.1) is 11.3 Å². The molecule has 0 spiro atoms. The highest BCUT2D eigenvalue weighted by atomic mass is 32.1. The van der Waals surface area contributed by atoms with Crippen molar-refractivity contribution in [3.05, 3.63) is 53.3 Å². The Labute approximate surface area is 208 Å². The Morgan fingerprint density at radius 3 is 2.21 bits per heavy atom. The Bertz CT molecular complexity index is 1120. The SMILES string of the molecule is CNC(=O)c1cc(N2C(=O)N(c3ccc(C#N)c(C(F)(F)F)c3)[C@H]3CCCC[C@@H]32)ccn1.S.S. The molecule has 1 N–H and O–H groups in total. The van der Waals surface area contributed by atoms with Gasteiger partial charge in [0.25, 0.3) is 5.91 Å². The van der Waals surface area contributed by atoms with Crippen molar-refractivity contribution >= 4 is 50.3 Å². The van der Waals surface area contributed by atoms with E-state index in [0.717, 1.165) is 25.0 Å². The number of alkyl halides is 3. The first-order valence-corrected chi connectivity index (χ1v) is 10.2. The summed E-state index contributed by atoms with van der Waals surface area (Å²) in [5.41, 5.74) is -0.855. The second-order valence-electron chi connectivity index (χ2n) is 7.76. The van der Waals surface area contributed by atoms with Crippen molar-refractivity contribution in [2.75, 3.05) is 16.8 Å². The topological polar surface area (TPSA) is 89.3 Å². The molecular formula is C22H24F3N5O2S2. The van der Waals surface area contributed by atoms with Crippen LogP contribution in [0.4, 0.5) is 29.3 Å². The molecule has 182 valence electrons. The number of benzene rings is 1. The molecule has 0 unspecified atom stereocenters. The zero-order valence-corrected chi connectivity index (χ0v) is 20.2. The number of nitrogens with one attached hydrogen (secondary N) is 1. The van der Waals surface area contributed by atoms with E-state index in [2.05, 4.69) is 10.3 Å². The van der Waals surface area contributed by atoms with Gasteiger partial charge in [-0.25, -0.2) is 4.79 Å². The number of hydrogen-bond donors (Lipinski definition) is 1. The molecule has 12 heteroatoms. The fraction of sp³-hybridized carbons (Fsp3) is 0.364. The maximum atomic E-state index is 13.5. The average Bonchev–Trinajstić information content (AvgIpc) is 3.09. The molecule has 2 aliphatic rings. The summed E-state index contributed by atoms with van der Waals surface area (Å²) in [6.45, 7) is 0. The number of carbonyl (C=O) groups is 2. The van der Waals surface area contributed by atoms with Gasteiger partial charge in [0.1, 0.15) is 5.69 Å². The van der Waals surface area contributed by atoms with Crippen molar-refractivity contribution in [2.45, 2.75) is 43.9 Å². The van der Waals surface area contributed by atoms with Gasteiger partial charge in [-0.2, -0.15) is 45.4 Å². The maximum absolute atomic E-state index is 13.5. The maximum Gasteiger partial charge on any atom is 0.417 e. The fourth-order valence-corrected chi connectivity index (χ4v) is 4.53. The summed E-state index contributed by atoms with van der Waals surface area (Å²) in [4.78, 5) is 32.5. The summed E-state index contributed by atoms with van der Waals surface area (Å²) < 4.78 is 40.6. The molecule has 1 aromatic heterocycles. The molecule has 0 bridgehead atoms. The van der Waals surface area contributed by atoms with E-state index in [9.17, 15) is 22.8 Å². The summed E-state index contributed by atoms with van der Waals surface area (Å²) in [6, 6.07) is 7.00. The number of anilines is 2. The third-order valence-corrected chi connectivity index (χ3v) is 5.96. The van der Waals surface area contributed by atoms with Gasteiger partial charge in [0, 0.05) is 24.6 Å². The molecular weight excluding hydrogens is 487 g/mol. The van der Waals surface area contributed by atoms with Crippen LogP contribution in [0.3, 0.4) is 0 Å². The van der Waals surface area contributed by atoms with E-state index in [4.69, 9.17) is 5.26 Å². The third-order valence-electron chi connectivity index (χ3n) is 5.96. The van der Waals surface area contributed by atoms with Crippen LogP contribution in [0.1, 0.15) is 47.3 Å². The summed E-state index contributed by atoms with van der Waals surface area (Å²) in [5, 5.41) is 11.6. The zero-order valence-electron chi connectivity index (χ0n) is 18.2. The summed E-state index contributed by atoms with van der Waals surface area (Å²) in [6.07, 6.45) is -0.233. The van der Waals surface area contributed by atoms with Crippen LogP contribution in [-0.4, -0.2) is 36.1 Å². The first-order valence-electron chi connectivity index (χ1n) is 10.2. The zero-order chi connectivity index (χ0) is 23.0. The van der Waals surface area contributed by atoms with Gasteiger partial charge in [0.05, 0.1) is 29.3 Å². The van der Waals surface area contributed by atoms with E-state index in [1.807, 2.05) is 0 Å². The van der Waals surface area contributed by atoms with E-state index >= 15 is 0 Å². The highest BCUT2D eigenvalue weighted by Gasteiger charge is 2.48. The molecule has 2 fully saturated rings. The van der Waals surface area contributed by atoms with E-state index in [1.165, 1.54) is 30.3 Å². The molecule has 2 heterocycles. The van der Waals surface area contributed by atoms with E-state index in [-0.39, 0.29) is 50.5 Å². The van der Waals surface area contributed by atoms with Crippen molar-refractivity contribution in [3.8, 4) is 6.07 Å². The van der Waals surface area contributed by atoms with Gasteiger partial charge < -0.3 is 5.32 Å². The smallest absolute Gasteiger partial charge is 0.354 e. The molecule has 1 aliphatic carbocycles. The Kier molecular flexibility index (Phi) is 8.50. The number of amides is 3. The monoisotopic (exact) mass is 511 g/mol. The molecule has 0 radical (unpaired) electrons. The Morgan fingerprint density at radius 1 is 1.09 bits per heavy atom. The summed E-state index contributed by atoms with van der Waals surface area (Å²) in [7, 11) is 1.47. The van der Waals surface area contributed by atoms with Crippen LogP contribution >= 0.6 is 27.0 Å². The van der Waals surface area contributed by atoms with Gasteiger partial charge in [-0.15, -0.1) is 0 Å². The third kappa shape index (κ3) is 4.81. The van der Waals surface area contributed by atoms with Gasteiger partial charge in [0.2, 0.25) is 0 Å². The molecule has 1 saturated carbocycles. The molecule has 4 rings (SSSR count). The molecule has 2 atom stereocenters. The largest absolute Gasteiger partial charge is 0.417 e. The fourth-order valence-electron chi connectivity index (χ4n) is 4.53. The van der Waals surface area contributed by atoms with E-state index in [0.29, 0.717) is 18.5 Å². The molecule has 3 amide bonds. The van der Waals surface area contributed by atoms with Crippen LogP contribution in [-0.2, 0) is 6.18 Å². The number of nitrogens with zero attached hydrogens (tertiary/aromatic N) is 4. The lowest BCUT2D eigenvalue weighted by atomic mass is 9.89. The first kappa shape index (κ1) is 27.3. The van der Waals surface area contributed by atoms with Crippen molar-refractivity contribution in [2.24, 2.45) is 0 Å². The minimum atomic E-state index is -4.72. The minimum absolute atomic E-state index is 0. The number of nitriles is 1. The van der Waals surface area contributed by atoms with Crippen molar-refractivity contribution in [3.63, 3.8) is 0 Å². The molecule has 1 aliphatic heterocycles. The van der Waals surface area contributed by atoms with Crippen LogP contribution in [0.5, 0.6) is 0 Å². The lowest BCUT2D eigenvalue weighted by Gasteiger charge is -2.32. The molecule has 1 saturated heterocycles. The molecule has 7 nitrogen and oxygen atoms in total. The average molecular weight is 512 g/mol. The summed E-state index contributed by atoms with van der Waals surface area (Å²) in [5.74, 6) is -0.405. The van der Waals surface area contributed by atoms with Crippen molar-refractivity contribution in [1.29, 1.82) is 5.26 Å². The Hall–Kier alpha value is -2.91. The number of pyridine rings is 1. The second kappa shape index (κ2) is 10.6. The number of halogens is 3. The van der Waals surface area contributed by atoms with E-state index < -0.39 is 29.2 Å². The van der Waals surface area contributed by atoms with Crippen molar-refractivity contribution < 1.29 is 22.8 Å². The van der Waals surface area contributed by atoms with Gasteiger partial charge >= 0.3 is 12.2 Å². The normalized spacial score (nSPS) is 19.4. The van der Waals surface area contributed by atoms with Gasteiger partial charge in [-0.05, 0) is 43.2 Å². The molecule has 34 heavy (non-hydrogen) atoms. The lowest BCUT2D eigenvalue weighted by molar-refractivity contribution is -0.137. The number of carbonyl (C=O) groups excluding carboxylic acids is 2. The summed E-state index contributed by atoms with van der Waals surface area (Å²) >= 11 is 0. The van der Waals surface area contributed by atoms with Crippen LogP contribution in [0.25, 0.3) is 0 Å². The van der Waals surface area contributed by atoms with Crippen LogP contribution < -0.4 is 15.1 Å². The highest BCUT2D eigenvalue weighted by molar-refractivity contribution is 7.59. The Balaban J connectivity index is 0.00000204. The van der Waals surface area contributed by atoms with Crippen LogP contribution in [0.2, 0.25) is 0 Å².